The van der Waals surface area contributed by atoms with Crippen LogP contribution in [-0.2, 0) is 12.0 Å². The third-order valence-corrected chi connectivity index (χ3v) is 6.96. The van der Waals surface area contributed by atoms with Gasteiger partial charge in [0, 0.05) is 36.4 Å². The number of amides is 2. The van der Waals surface area contributed by atoms with E-state index in [4.69, 9.17) is 8.94 Å². The van der Waals surface area contributed by atoms with E-state index in [-0.39, 0.29) is 50.6 Å². The minimum Gasteiger partial charge on any atom is -0.437 e. The molecular weight excluding hydrogens is 584 g/mol. The number of hydrogen-bond acceptors (Lipinski definition) is 8. The monoisotopic (exact) mass is 610 g/mol. The number of rotatable bonds is 8. The molecule has 44 heavy (non-hydrogen) atoms. The summed E-state index contributed by atoms with van der Waals surface area (Å²) in [6, 6.07) is 8.19. The summed E-state index contributed by atoms with van der Waals surface area (Å²) in [4.78, 5) is 39.2. The third kappa shape index (κ3) is 6.14. The zero-order chi connectivity index (χ0) is 31.8. The molecule has 0 fully saturated rings. The van der Waals surface area contributed by atoms with Gasteiger partial charge in [0.1, 0.15) is 11.6 Å². The van der Waals surface area contributed by atoms with E-state index in [0.29, 0.717) is 11.3 Å². The number of carbonyl (C=O) groups is 2. The molecule has 0 aliphatic heterocycles. The number of aromatic nitrogens is 4. The number of fused-ring (bicyclic) bond motifs is 1. The SMILES string of the molecule is CNC(=O)c1c(-c2ccc(F)cc2)oc2nc(CCC(F)(F)F)c(-c3cnc(C)c(C(=O)NC(C)(C)c4ncon4)c3)cc12. The molecule has 5 rings (SSSR count). The Balaban J connectivity index is 1.66. The fraction of sp³-hybridized carbons (Fsp3) is 0.267. The maximum atomic E-state index is 13.6. The fourth-order valence-corrected chi connectivity index (χ4v) is 4.68. The highest BCUT2D eigenvalue weighted by Crippen LogP contribution is 2.37. The normalized spacial score (nSPS) is 12.0. The molecule has 2 amide bonds. The van der Waals surface area contributed by atoms with Gasteiger partial charge in [0.2, 0.25) is 12.1 Å². The molecule has 4 aromatic heterocycles. The van der Waals surface area contributed by atoms with Crippen LogP contribution in [0.25, 0.3) is 33.6 Å². The minimum absolute atomic E-state index is 0.0156. The number of nitrogens with one attached hydrogen (secondary N) is 2. The van der Waals surface area contributed by atoms with Crippen molar-refractivity contribution in [2.75, 3.05) is 7.05 Å². The van der Waals surface area contributed by atoms with Gasteiger partial charge in [-0.3, -0.25) is 14.6 Å². The van der Waals surface area contributed by atoms with E-state index in [2.05, 4.69) is 30.7 Å². The van der Waals surface area contributed by atoms with Gasteiger partial charge >= 0.3 is 6.18 Å². The van der Waals surface area contributed by atoms with Gasteiger partial charge in [0.25, 0.3) is 11.8 Å². The highest BCUT2D eigenvalue weighted by atomic mass is 19.4. The van der Waals surface area contributed by atoms with Crippen LogP contribution in [0.5, 0.6) is 0 Å². The van der Waals surface area contributed by atoms with Crippen molar-refractivity contribution in [3.05, 3.63) is 83.1 Å². The number of benzene rings is 1. The van der Waals surface area contributed by atoms with Crippen molar-refractivity contribution in [3.63, 3.8) is 0 Å². The first kappa shape index (κ1) is 30.3. The van der Waals surface area contributed by atoms with Gasteiger partial charge < -0.3 is 19.6 Å². The highest BCUT2D eigenvalue weighted by Gasteiger charge is 2.31. The zero-order valence-corrected chi connectivity index (χ0v) is 24.0. The van der Waals surface area contributed by atoms with Gasteiger partial charge in [-0.25, -0.2) is 9.37 Å². The Bertz CT molecular complexity index is 1850. The fourth-order valence-electron chi connectivity index (χ4n) is 4.68. The Morgan fingerprint density at radius 3 is 2.36 bits per heavy atom. The third-order valence-electron chi connectivity index (χ3n) is 6.96. The maximum absolute atomic E-state index is 13.6. The predicted octanol–water partition coefficient (Wildman–Crippen LogP) is 5.91. The molecule has 0 saturated heterocycles. The lowest BCUT2D eigenvalue weighted by Gasteiger charge is -2.23. The average Bonchev–Trinajstić information content (AvgIpc) is 3.64. The molecule has 4 heterocycles. The summed E-state index contributed by atoms with van der Waals surface area (Å²) < 4.78 is 64.4. The lowest BCUT2D eigenvalue weighted by Crippen LogP contribution is -2.42. The van der Waals surface area contributed by atoms with Gasteiger partial charge in [-0.2, -0.15) is 18.2 Å². The molecule has 14 heteroatoms. The molecule has 1 aromatic carbocycles. The Kier molecular flexibility index (Phi) is 7.93. The Hall–Kier alpha value is -5.14. The molecule has 5 aromatic rings. The van der Waals surface area contributed by atoms with Crippen molar-refractivity contribution in [2.24, 2.45) is 0 Å². The lowest BCUT2D eigenvalue weighted by atomic mass is 9.97. The average molecular weight is 611 g/mol. The van der Waals surface area contributed by atoms with Gasteiger partial charge in [0.15, 0.2) is 5.82 Å². The Labute approximate surface area is 247 Å². The second-order valence-electron chi connectivity index (χ2n) is 10.5. The first-order valence-corrected chi connectivity index (χ1v) is 13.3. The molecule has 0 saturated carbocycles. The number of pyridine rings is 2. The van der Waals surface area contributed by atoms with Gasteiger partial charge in [-0.1, -0.05) is 5.16 Å². The molecule has 10 nitrogen and oxygen atoms in total. The number of nitrogens with zero attached hydrogens (tertiary/aromatic N) is 4. The van der Waals surface area contributed by atoms with Crippen molar-refractivity contribution < 1.29 is 36.1 Å². The van der Waals surface area contributed by atoms with Crippen molar-refractivity contribution in [1.82, 2.24) is 30.7 Å². The summed E-state index contributed by atoms with van der Waals surface area (Å²) in [6.07, 6.45) is -3.64. The summed E-state index contributed by atoms with van der Waals surface area (Å²) in [5.41, 5.74) is 0.341. The molecular formula is C30H26F4N6O4. The second-order valence-corrected chi connectivity index (χ2v) is 10.5. The largest absolute Gasteiger partial charge is 0.437 e. The molecule has 0 atom stereocenters. The molecule has 0 unspecified atom stereocenters. The number of alkyl halides is 3. The molecule has 2 N–H and O–H groups in total. The van der Waals surface area contributed by atoms with Crippen LogP contribution in [0.3, 0.4) is 0 Å². The minimum atomic E-state index is -4.49. The van der Waals surface area contributed by atoms with Crippen LogP contribution in [0.4, 0.5) is 17.6 Å². The highest BCUT2D eigenvalue weighted by molar-refractivity contribution is 6.11. The second kappa shape index (κ2) is 11.5. The molecule has 0 radical (unpaired) electrons. The molecule has 228 valence electrons. The van der Waals surface area contributed by atoms with E-state index in [1.807, 2.05) is 0 Å². The van der Waals surface area contributed by atoms with Gasteiger partial charge in [-0.05, 0) is 63.6 Å². The maximum Gasteiger partial charge on any atom is 0.389 e. The summed E-state index contributed by atoms with van der Waals surface area (Å²) in [5.74, 6) is -1.30. The molecule has 0 aliphatic rings. The summed E-state index contributed by atoms with van der Waals surface area (Å²) in [7, 11) is 1.41. The number of aryl methyl sites for hydroxylation is 2. The van der Waals surface area contributed by atoms with E-state index < -0.39 is 42.2 Å². The molecule has 0 spiro atoms. The van der Waals surface area contributed by atoms with E-state index in [1.54, 1.807) is 20.8 Å². The number of hydrogen-bond donors (Lipinski definition) is 2. The number of carbonyl (C=O) groups excluding carboxylic acids is 2. The zero-order valence-electron chi connectivity index (χ0n) is 24.0. The van der Waals surface area contributed by atoms with Crippen LogP contribution in [0.2, 0.25) is 0 Å². The van der Waals surface area contributed by atoms with E-state index in [9.17, 15) is 27.2 Å². The van der Waals surface area contributed by atoms with Crippen LogP contribution in [0, 0.1) is 12.7 Å². The van der Waals surface area contributed by atoms with Crippen molar-refractivity contribution in [2.45, 2.75) is 45.3 Å². The summed E-state index contributed by atoms with van der Waals surface area (Å²) in [6.45, 7) is 4.96. The van der Waals surface area contributed by atoms with Crippen LogP contribution >= 0.6 is 0 Å². The van der Waals surface area contributed by atoms with Crippen molar-refractivity contribution >= 4 is 22.9 Å². The topological polar surface area (TPSA) is 136 Å². The Morgan fingerprint density at radius 1 is 1.00 bits per heavy atom. The van der Waals surface area contributed by atoms with Crippen molar-refractivity contribution in [3.8, 4) is 22.5 Å². The quantitative estimate of drug-likeness (QED) is 0.207. The van der Waals surface area contributed by atoms with Crippen LogP contribution in [-0.4, -0.2) is 45.1 Å². The van der Waals surface area contributed by atoms with Crippen LogP contribution in [0.15, 0.2) is 57.9 Å². The lowest BCUT2D eigenvalue weighted by molar-refractivity contribution is -0.134. The number of furan rings is 1. The van der Waals surface area contributed by atoms with E-state index in [1.165, 1.54) is 49.6 Å². The first-order chi connectivity index (χ1) is 20.8. The van der Waals surface area contributed by atoms with Gasteiger partial charge in [0.05, 0.1) is 33.4 Å². The summed E-state index contributed by atoms with van der Waals surface area (Å²) >= 11 is 0. The first-order valence-electron chi connectivity index (χ1n) is 13.3. The smallest absolute Gasteiger partial charge is 0.389 e. The van der Waals surface area contributed by atoms with E-state index in [0.717, 1.165) is 6.39 Å². The Morgan fingerprint density at radius 2 is 1.73 bits per heavy atom. The molecule has 0 bridgehead atoms. The number of halogens is 4. The van der Waals surface area contributed by atoms with Gasteiger partial charge in [-0.15, -0.1) is 0 Å². The molecule has 0 aliphatic carbocycles. The van der Waals surface area contributed by atoms with Crippen molar-refractivity contribution in [1.29, 1.82) is 0 Å². The van der Waals surface area contributed by atoms with Crippen LogP contribution < -0.4 is 10.6 Å². The van der Waals surface area contributed by atoms with E-state index >= 15 is 0 Å². The summed E-state index contributed by atoms with van der Waals surface area (Å²) in [5, 5.41) is 9.34. The van der Waals surface area contributed by atoms with Crippen LogP contribution in [0.1, 0.15) is 58.2 Å². The predicted molar refractivity (Wildman–Crippen MR) is 150 cm³/mol. The standard InChI is InChI=1S/C30H26F4N6O4/c1-15-19(25(41)39-29(2,3)28-37-14-43-40-28)11-17(13-36-15)20-12-21-23(26(42)35-4)24(16-5-7-18(31)8-6-16)44-27(21)38-22(20)9-10-30(32,33)34/h5-8,11-14H,9-10H2,1-4H3,(H,35,42)(H,39,41).